The fraction of sp³-hybridized carbons (Fsp3) is 0.571. The molecule has 2 nitrogen and oxygen atoms in total. The molecule has 32 heavy (non-hydrogen) atoms. The van der Waals surface area contributed by atoms with Crippen molar-refractivity contribution < 1.29 is 4.80 Å². The maximum Gasteiger partial charge on any atom is 0.188 e. The predicted octanol–water partition coefficient (Wildman–Crippen LogP) is 7.41. The van der Waals surface area contributed by atoms with E-state index in [2.05, 4.69) is 88.2 Å². The van der Waals surface area contributed by atoms with Crippen molar-refractivity contribution in [1.82, 2.24) is 4.90 Å². The molecule has 0 bridgehead atoms. The summed E-state index contributed by atoms with van der Waals surface area (Å²) in [6, 6.07) is 19.5. The van der Waals surface area contributed by atoms with E-state index >= 15 is 0 Å². The molecule has 0 aromatic heterocycles. The van der Waals surface area contributed by atoms with Gasteiger partial charge in [-0.3, -0.25) is 0 Å². The number of benzene rings is 2. The molecule has 1 heterocycles. The van der Waals surface area contributed by atoms with Crippen LogP contribution in [0.2, 0.25) is 23.2 Å². The van der Waals surface area contributed by atoms with Gasteiger partial charge in [0.2, 0.25) is 0 Å². The summed E-state index contributed by atoms with van der Waals surface area (Å²) in [7, 11) is -2.21. The normalized spacial score (nSPS) is 18.0. The molecule has 1 aliphatic heterocycles. The van der Waals surface area contributed by atoms with Gasteiger partial charge in [-0.05, 0) is 85.6 Å². The predicted molar refractivity (Wildman–Crippen MR) is 141 cm³/mol. The van der Waals surface area contributed by atoms with Crippen LogP contribution in [0.5, 0.6) is 0 Å². The van der Waals surface area contributed by atoms with Crippen molar-refractivity contribution in [2.24, 2.45) is 0 Å². The monoisotopic (exact) mass is 471 g/mol. The highest BCUT2D eigenvalue weighted by molar-refractivity contribution is 6.72. The van der Waals surface area contributed by atoms with Gasteiger partial charge in [0, 0.05) is 17.0 Å². The Morgan fingerprint density at radius 3 is 2.03 bits per heavy atom. The molecule has 2 aromatic carbocycles. The van der Waals surface area contributed by atoms with Crippen LogP contribution in [0.25, 0.3) is 0 Å². The van der Waals surface area contributed by atoms with Crippen LogP contribution in [0.1, 0.15) is 64.5 Å². The Morgan fingerprint density at radius 2 is 1.50 bits per heavy atom. The van der Waals surface area contributed by atoms with E-state index in [0.717, 1.165) is 37.5 Å². The molecule has 2 aromatic rings. The molecule has 1 N–H and O–H groups in total. The van der Waals surface area contributed by atoms with Gasteiger partial charge in [-0.1, -0.05) is 81.8 Å². The molecule has 1 fully saturated rings. The van der Waals surface area contributed by atoms with Crippen LogP contribution < -0.4 is 0 Å². The van der Waals surface area contributed by atoms with Gasteiger partial charge in [-0.25, -0.2) is 0 Å². The van der Waals surface area contributed by atoms with E-state index < -0.39 is 8.32 Å². The maximum absolute atomic E-state index is 10.8. The van der Waals surface area contributed by atoms with Crippen LogP contribution in [-0.2, 0) is 10.8 Å². The van der Waals surface area contributed by atoms with E-state index in [-0.39, 0.29) is 15.9 Å². The standard InChI is InChI=1S/C28H42ClNOSi/c1-26(2,23-12-14-25(29)15-13-23)22-30-20-18-28(19-21-30,24-10-8-7-9-11-24)17-16-27(3,4)32(5,6)31/h7-15,31H,16-22H2,1-6H3. The Morgan fingerprint density at radius 1 is 0.938 bits per heavy atom. The number of likely N-dealkylation sites (tertiary alicyclic amines) is 1. The van der Waals surface area contributed by atoms with Gasteiger partial charge < -0.3 is 9.70 Å². The Kier molecular flexibility index (Phi) is 7.66. The minimum absolute atomic E-state index is 0.0164. The van der Waals surface area contributed by atoms with Crippen molar-refractivity contribution in [3.05, 3.63) is 70.7 Å². The summed E-state index contributed by atoms with van der Waals surface area (Å²) in [4.78, 5) is 13.5. The maximum atomic E-state index is 10.8. The van der Waals surface area contributed by atoms with Crippen molar-refractivity contribution >= 4 is 19.9 Å². The highest BCUT2D eigenvalue weighted by atomic mass is 35.5. The largest absolute Gasteiger partial charge is 0.432 e. The number of nitrogens with zero attached hydrogens (tertiary/aromatic N) is 1. The Hall–Kier alpha value is -1.13. The Bertz CT molecular complexity index is 863. The smallest absolute Gasteiger partial charge is 0.188 e. The average molecular weight is 472 g/mol. The van der Waals surface area contributed by atoms with Crippen LogP contribution >= 0.6 is 11.6 Å². The first-order valence-electron chi connectivity index (χ1n) is 12.1. The Balaban J connectivity index is 1.73. The molecule has 0 saturated carbocycles. The van der Waals surface area contributed by atoms with E-state index in [1.54, 1.807) is 0 Å². The Labute approximate surface area is 202 Å². The summed E-state index contributed by atoms with van der Waals surface area (Å²) in [5, 5.41) is 0.815. The summed E-state index contributed by atoms with van der Waals surface area (Å²) in [5.74, 6) is 0. The summed E-state index contributed by atoms with van der Waals surface area (Å²) < 4.78 is 0. The van der Waals surface area contributed by atoms with Crippen molar-refractivity contribution in [3.8, 4) is 0 Å². The second kappa shape index (κ2) is 9.62. The second-order valence-corrected chi connectivity index (χ2v) is 16.7. The highest BCUT2D eigenvalue weighted by Crippen LogP contribution is 2.47. The van der Waals surface area contributed by atoms with Gasteiger partial charge in [-0.15, -0.1) is 0 Å². The van der Waals surface area contributed by atoms with Crippen molar-refractivity contribution in [3.63, 3.8) is 0 Å². The fourth-order valence-electron chi connectivity index (χ4n) is 5.02. The molecule has 1 saturated heterocycles. The lowest BCUT2D eigenvalue weighted by molar-refractivity contribution is 0.126. The SMILES string of the molecule is CC(C)(CN1CCC(CCC(C)(C)[Si](C)(C)O)(c2ccccc2)CC1)c1ccc(Cl)cc1. The van der Waals surface area contributed by atoms with Gasteiger partial charge in [0.05, 0.1) is 0 Å². The molecule has 1 aliphatic rings. The van der Waals surface area contributed by atoms with E-state index in [1.807, 2.05) is 12.1 Å². The van der Waals surface area contributed by atoms with Crippen LogP contribution in [-0.4, -0.2) is 37.6 Å². The molecule has 0 amide bonds. The summed E-state index contributed by atoms with van der Waals surface area (Å²) in [6.07, 6.45) is 4.58. The molecule has 176 valence electrons. The summed E-state index contributed by atoms with van der Waals surface area (Å²) in [5.41, 5.74) is 3.12. The molecule has 3 rings (SSSR count). The molecular formula is C28H42ClNOSi. The zero-order chi connectivity index (χ0) is 23.6. The number of hydrogen-bond acceptors (Lipinski definition) is 2. The van der Waals surface area contributed by atoms with Crippen LogP contribution in [0.4, 0.5) is 0 Å². The van der Waals surface area contributed by atoms with E-state index in [4.69, 9.17) is 11.6 Å². The van der Waals surface area contributed by atoms with Crippen LogP contribution in [0.3, 0.4) is 0 Å². The van der Waals surface area contributed by atoms with Crippen molar-refractivity contribution in [2.75, 3.05) is 19.6 Å². The lowest BCUT2D eigenvalue weighted by Gasteiger charge is -2.46. The first kappa shape index (κ1) is 25.5. The zero-order valence-corrected chi connectivity index (χ0v) is 22.7. The first-order valence-corrected chi connectivity index (χ1v) is 15.4. The third-order valence-corrected chi connectivity index (χ3v) is 12.1. The number of hydrogen-bond donors (Lipinski definition) is 1. The lowest BCUT2D eigenvalue weighted by atomic mass is 9.68. The van der Waals surface area contributed by atoms with Gasteiger partial charge in [-0.2, -0.15) is 0 Å². The summed E-state index contributed by atoms with van der Waals surface area (Å²) >= 11 is 6.11. The minimum atomic E-state index is -2.21. The third-order valence-electron chi connectivity index (χ3n) is 8.33. The highest BCUT2D eigenvalue weighted by Gasteiger charge is 2.42. The molecule has 0 spiro atoms. The summed E-state index contributed by atoms with van der Waals surface area (Å²) in [6.45, 7) is 16.7. The fourth-order valence-corrected chi connectivity index (χ4v) is 5.89. The van der Waals surface area contributed by atoms with Gasteiger partial charge in [0.1, 0.15) is 0 Å². The molecule has 0 unspecified atom stereocenters. The topological polar surface area (TPSA) is 23.5 Å². The van der Waals surface area contributed by atoms with E-state index in [0.29, 0.717) is 0 Å². The molecule has 0 radical (unpaired) electrons. The van der Waals surface area contributed by atoms with Gasteiger partial charge >= 0.3 is 0 Å². The third kappa shape index (κ3) is 5.86. The molecule has 0 atom stereocenters. The first-order chi connectivity index (χ1) is 14.8. The average Bonchev–Trinajstić information content (AvgIpc) is 2.73. The van der Waals surface area contributed by atoms with Crippen molar-refractivity contribution in [1.29, 1.82) is 0 Å². The minimum Gasteiger partial charge on any atom is -0.432 e. The van der Waals surface area contributed by atoms with E-state index in [1.165, 1.54) is 24.0 Å². The van der Waals surface area contributed by atoms with Crippen LogP contribution in [0.15, 0.2) is 54.6 Å². The molecular weight excluding hydrogens is 430 g/mol. The quantitative estimate of drug-likeness (QED) is 0.405. The van der Waals surface area contributed by atoms with Crippen LogP contribution in [0, 0.1) is 0 Å². The molecule has 0 aliphatic carbocycles. The van der Waals surface area contributed by atoms with Crippen molar-refractivity contribution in [2.45, 2.75) is 82.3 Å². The number of halogens is 1. The second-order valence-electron chi connectivity index (χ2n) is 11.8. The molecule has 4 heteroatoms. The number of rotatable bonds is 8. The zero-order valence-electron chi connectivity index (χ0n) is 20.9. The van der Waals surface area contributed by atoms with Gasteiger partial charge in [0.25, 0.3) is 0 Å². The van der Waals surface area contributed by atoms with Gasteiger partial charge in [0.15, 0.2) is 8.32 Å². The van der Waals surface area contributed by atoms with E-state index in [9.17, 15) is 4.80 Å². The lowest BCUT2D eigenvalue weighted by Crippen LogP contribution is -2.47. The number of piperidine rings is 1.